The third-order valence-electron chi connectivity index (χ3n) is 3.90. The van der Waals surface area contributed by atoms with Crippen LogP contribution >= 0.6 is 0 Å². The van der Waals surface area contributed by atoms with Crippen molar-refractivity contribution in [1.82, 2.24) is 10.2 Å². The van der Waals surface area contributed by atoms with Crippen LogP contribution in [0.15, 0.2) is 0 Å². The highest BCUT2D eigenvalue weighted by Crippen LogP contribution is 2.16. The molecule has 0 radical (unpaired) electrons. The quantitative estimate of drug-likeness (QED) is 0.697. The highest BCUT2D eigenvalue weighted by Gasteiger charge is 2.26. The molecule has 118 valence electrons. The van der Waals surface area contributed by atoms with Crippen molar-refractivity contribution >= 4 is 5.91 Å². The lowest BCUT2D eigenvalue weighted by Crippen LogP contribution is -2.49. The van der Waals surface area contributed by atoms with E-state index in [9.17, 15) is 4.79 Å². The van der Waals surface area contributed by atoms with Crippen LogP contribution in [-0.4, -0.2) is 55.7 Å². The number of ether oxygens (including phenoxy) is 1. The molecule has 0 aromatic rings. The van der Waals surface area contributed by atoms with Gasteiger partial charge in [-0.05, 0) is 32.1 Å². The number of hydrogen-bond donors (Lipinski definition) is 2. The molecule has 20 heavy (non-hydrogen) atoms. The number of carbonyl (C=O) groups is 1. The first-order valence-corrected chi connectivity index (χ1v) is 7.88. The average Bonchev–Trinajstić information content (AvgIpc) is 2.44. The Morgan fingerprint density at radius 3 is 2.55 bits per heavy atom. The molecular formula is C15H31N3O2. The van der Waals surface area contributed by atoms with Gasteiger partial charge in [0.2, 0.25) is 5.91 Å². The molecule has 5 heteroatoms. The number of nitrogens with zero attached hydrogens (tertiary/aromatic N) is 1. The van der Waals surface area contributed by atoms with Gasteiger partial charge >= 0.3 is 0 Å². The van der Waals surface area contributed by atoms with E-state index in [1.165, 1.54) is 0 Å². The van der Waals surface area contributed by atoms with Gasteiger partial charge < -0.3 is 15.8 Å². The van der Waals surface area contributed by atoms with E-state index < -0.39 is 0 Å². The number of amides is 1. The first kappa shape index (κ1) is 17.4. The largest absolute Gasteiger partial charge is 0.377 e. The number of likely N-dealkylation sites (tertiary alicyclic amines) is 1. The van der Waals surface area contributed by atoms with E-state index in [2.05, 4.69) is 24.1 Å². The maximum Gasteiger partial charge on any atom is 0.237 e. The van der Waals surface area contributed by atoms with Crippen molar-refractivity contribution in [3.05, 3.63) is 0 Å². The second-order valence-corrected chi connectivity index (χ2v) is 6.04. The van der Waals surface area contributed by atoms with Crippen LogP contribution in [0.1, 0.15) is 40.0 Å². The standard InChI is InChI=1S/C15H31N3O2/c1-12(2)4-8-17-15(19)13(3)18-9-5-14(6-10-18)20-11-7-16/h12-14H,4-11,16H2,1-3H3,(H,17,19). The smallest absolute Gasteiger partial charge is 0.237 e. The minimum absolute atomic E-state index is 0.0439. The first-order chi connectivity index (χ1) is 9.54. The van der Waals surface area contributed by atoms with Gasteiger partial charge in [-0.3, -0.25) is 9.69 Å². The van der Waals surface area contributed by atoms with Crippen molar-refractivity contribution in [2.45, 2.75) is 52.2 Å². The number of hydrogen-bond acceptors (Lipinski definition) is 4. The summed E-state index contributed by atoms with van der Waals surface area (Å²) in [6.07, 6.45) is 3.33. The lowest BCUT2D eigenvalue weighted by molar-refractivity contribution is -0.127. The van der Waals surface area contributed by atoms with E-state index in [1.807, 2.05) is 6.92 Å². The van der Waals surface area contributed by atoms with Gasteiger partial charge in [-0.1, -0.05) is 13.8 Å². The molecule has 0 bridgehead atoms. The maximum atomic E-state index is 12.1. The van der Waals surface area contributed by atoms with Gasteiger partial charge in [0.1, 0.15) is 0 Å². The second-order valence-electron chi connectivity index (χ2n) is 6.04. The van der Waals surface area contributed by atoms with E-state index in [-0.39, 0.29) is 11.9 Å². The van der Waals surface area contributed by atoms with Crippen LogP contribution in [0.5, 0.6) is 0 Å². The van der Waals surface area contributed by atoms with Gasteiger partial charge in [0.05, 0.1) is 18.8 Å². The Kier molecular flexibility index (Phi) is 8.11. The fraction of sp³-hybridized carbons (Fsp3) is 0.933. The SMILES string of the molecule is CC(C)CCNC(=O)C(C)N1CCC(OCCN)CC1. The zero-order chi connectivity index (χ0) is 15.0. The summed E-state index contributed by atoms with van der Waals surface area (Å²) in [5.74, 6) is 0.771. The van der Waals surface area contributed by atoms with Gasteiger partial charge in [-0.2, -0.15) is 0 Å². The third-order valence-corrected chi connectivity index (χ3v) is 3.90. The summed E-state index contributed by atoms with van der Waals surface area (Å²) in [5, 5.41) is 3.03. The van der Waals surface area contributed by atoms with Gasteiger partial charge in [0.25, 0.3) is 0 Å². The van der Waals surface area contributed by atoms with Gasteiger partial charge in [0, 0.05) is 26.2 Å². The molecule has 1 rings (SSSR count). The molecule has 3 N–H and O–H groups in total. The van der Waals surface area contributed by atoms with Crippen molar-refractivity contribution in [2.75, 3.05) is 32.8 Å². The molecule has 1 atom stereocenters. The van der Waals surface area contributed by atoms with Crippen LogP contribution in [-0.2, 0) is 9.53 Å². The summed E-state index contributed by atoms with van der Waals surface area (Å²) >= 11 is 0. The van der Waals surface area contributed by atoms with Crippen LogP contribution in [0.25, 0.3) is 0 Å². The predicted octanol–water partition coefficient (Wildman–Crippen LogP) is 0.977. The number of nitrogens with one attached hydrogen (secondary N) is 1. The van der Waals surface area contributed by atoms with E-state index in [0.29, 0.717) is 25.2 Å². The molecule has 5 nitrogen and oxygen atoms in total. The highest BCUT2D eigenvalue weighted by atomic mass is 16.5. The zero-order valence-corrected chi connectivity index (χ0v) is 13.2. The first-order valence-electron chi connectivity index (χ1n) is 7.88. The summed E-state index contributed by atoms with van der Waals surface area (Å²) in [5.41, 5.74) is 5.44. The van der Waals surface area contributed by atoms with E-state index in [4.69, 9.17) is 10.5 Å². The molecule has 1 fully saturated rings. The Morgan fingerprint density at radius 2 is 2.00 bits per heavy atom. The molecule has 1 saturated heterocycles. The molecule has 0 spiro atoms. The highest BCUT2D eigenvalue weighted by molar-refractivity contribution is 5.81. The lowest BCUT2D eigenvalue weighted by Gasteiger charge is -2.35. The fourth-order valence-corrected chi connectivity index (χ4v) is 2.46. The van der Waals surface area contributed by atoms with E-state index in [0.717, 1.165) is 38.9 Å². The van der Waals surface area contributed by atoms with Crippen LogP contribution < -0.4 is 11.1 Å². The van der Waals surface area contributed by atoms with Crippen LogP contribution in [0, 0.1) is 5.92 Å². The van der Waals surface area contributed by atoms with Crippen molar-refractivity contribution in [3.63, 3.8) is 0 Å². The van der Waals surface area contributed by atoms with Crippen molar-refractivity contribution in [2.24, 2.45) is 11.7 Å². The van der Waals surface area contributed by atoms with E-state index >= 15 is 0 Å². The molecule has 1 unspecified atom stereocenters. The molecule has 1 aliphatic heterocycles. The normalized spacial score (nSPS) is 19.2. The summed E-state index contributed by atoms with van der Waals surface area (Å²) in [6, 6.07) is -0.0439. The molecule has 0 aromatic carbocycles. The Labute approximate surface area is 123 Å². The third kappa shape index (κ3) is 6.20. The molecule has 1 heterocycles. The number of nitrogens with two attached hydrogens (primary N) is 1. The average molecular weight is 285 g/mol. The van der Waals surface area contributed by atoms with Gasteiger partial charge in [0.15, 0.2) is 0 Å². The molecule has 0 aliphatic carbocycles. The Morgan fingerprint density at radius 1 is 1.35 bits per heavy atom. The monoisotopic (exact) mass is 285 g/mol. The summed E-state index contributed by atoms with van der Waals surface area (Å²) in [4.78, 5) is 14.3. The molecular weight excluding hydrogens is 254 g/mol. The minimum Gasteiger partial charge on any atom is -0.377 e. The van der Waals surface area contributed by atoms with Crippen LogP contribution in [0.2, 0.25) is 0 Å². The second kappa shape index (κ2) is 9.32. The number of carbonyl (C=O) groups excluding carboxylic acids is 1. The van der Waals surface area contributed by atoms with Crippen molar-refractivity contribution < 1.29 is 9.53 Å². The Hall–Kier alpha value is -0.650. The summed E-state index contributed by atoms with van der Waals surface area (Å²) in [6.45, 7) is 10.2. The van der Waals surface area contributed by atoms with Crippen LogP contribution in [0.4, 0.5) is 0 Å². The van der Waals surface area contributed by atoms with Crippen molar-refractivity contribution in [1.29, 1.82) is 0 Å². The fourth-order valence-electron chi connectivity index (χ4n) is 2.46. The zero-order valence-electron chi connectivity index (χ0n) is 13.2. The summed E-state index contributed by atoms with van der Waals surface area (Å²) < 4.78 is 5.66. The minimum atomic E-state index is -0.0439. The number of rotatable bonds is 8. The Balaban J connectivity index is 2.24. The molecule has 1 aliphatic rings. The van der Waals surface area contributed by atoms with Crippen LogP contribution in [0.3, 0.4) is 0 Å². The van der Waals surface area contributed by atoms with Gasteiger partial charge in [-0.15, -0.1) is 0 Å². The molecule has 0 aromatic heterocycles. The maximum absolute atomic E-state index is 12.1. The van der Waals surface area contributed by atoms with E-state index in [1.54, 1.807) is 0 Å². The number of piperidine rings is 1. The Bertz CT molecular complexity index is 276. The molecule has 1 amide bonds. The van der Waals surface area contributed by atoms with Gasteiger partial charge in [-0.25, -0.2) is 0 Å². The topological polar surface area (TPSA) is 67.6 Å². The lowest BCUT2D eigenvalue weighted by atomic mass is 10.1. The van der Waals surface area contributed by atoms with Crippen molar-refractivity contribution in [3.8, 4) is 0 Å². The molecule has 0 saturated carbocycles. The predicted molar refractivity (Wildman–Crippen MR) is 81.5 cm³/mol. The summed E-state index contributed by atoms with van der Waals surface area (Å²) in [7, 11) is 0.